The number of rotatable bonds is 2. The first-order chi connectivity index (χ1) is 7.66. The van der Waals surface area contributed by atoms with Crippen molar-refractivity contribution in [1.82, 2.24) is 0 Å². The second kappa shape index (κ2) is 4.33. The van der Waals surface area contributed by atoms with E-state index in [4.69, 9.17) is 22.1 Å². The number of anilines is 1. The van der Waals surface area contributed by atoms with Crippen molar-refractivity contribution in [3.8, 4) is 17.2 Å². The number of hydrogen-bond acceptors (Lipinski definition) is 3. The van der Waals surface area contributed by atoms with Gasteiger partial charge in [0.25, 0.3) is 0 Å². The minimum Gasteiger partial charge on any atom is -0.504 e. The maximum Gasteiger partial charge on any atom is 0.169 e. The highest BCUT2D eigenvalue weighted by Crippen LogP contribution is 2.34. The van der Waals surface area contributed by atoms with Crippen LogP contribution >= 0.6 is 11.6 Å². The molecule has 16 heavy (non-hydrogen) atoms. The quantitative estimate of drug-likeness (QED) is 0.785. The van der Waals surface area contributed by atoms with Crippen molar-refractivity contribution in [3.63, 3.8) is 0 Å². The highest BCUT2D eigenvalue weighted by atomic mass is 35.5. The third-order valence-corrected chi connectivity index (χ3v) is 2.29. The maximum absolute atomic E-state index is 9.53. The Labute approximate surface area is 98.0 Å². The molecule has 0 fully saturated rings. The third-order valence-electron chi connectivity index (χ3n) is 2.06. The predicted molar refractivity (Wildman–Crippen MR) is 64.0 cm³/mol. The number of phenolic OH excluding ortho intramolecular Hbond substituents is 1. The number of nitrogen functional groups attached to an aromatic ring is 1. The first kappa shape index (κ1) is 10.6. The molecule has 0 aliphatic rings. The number of benzene rings is 2. The van der Waals surface area contributed by atoms with E-state index in [-0.39, 0.29) is 5.75 Å². The van der Waals surface area contributed by atoms with Gasteiger partial charge in [-0.05, 0) is 30.3 Å². The number of hydrogen-bond donors (Lipinski definition) is 2. The lowest BCUT2D eigenvalue weighted by molar-refractivity contribution is 0.412. The van der Waals surface area contributed by atoms with Gasteiger partial charge in [-0.2, -0.15) is 0 Å². The van der Waals surface area contributed by atoms with Crippen LogP contribution in [0.15, 0.2) is 42.5 Å². The summed E-state index contributed by atoms with van der Waals surface area (Å²) in [5.41, 5.74) is 6.15. The van der Waals surface area contributed by atoms with Crippen LogP contribution in [0.4, 0.5) is 5.69 Å². The van der Waals surface area contributed by atoms with Crippen LogP contribution in [0.2, 0.25) is 5.02 Å². The molecule has 0 heterocycles. The van der Waals surface area contributed by atoms with Crippen molar-refractivity contribution in [2.75, 3.05) is 5.73 Å². The zero-order chi connectivity index (χ0) is 11.5. The average Bonchev–Trinajstić information content (AvgIpc) is 2.25. The van der Waals surface area contributed by atoms with Crippen molar-refractivity contribution in [2.24, 2.45) is 0 Å². The van der Waals surface area contributed by atoms with Crippen LogP contribution in [0.5, 0.6) is 17.2 Å². The summed E-state index contributed by atoms with van der Waals surface area (Å²) in [5, 5.41) is 10.1. The molecule has 0 spiro atoms. The molecule has 0 unspecified atom stereocenters. The average molecular weight is 236 g/mol. The van der Waals surface area contributed by atoms with Gasteiger partial charge in [0.1, 0.15) is 0 Å². The van der Waals surface area contributed by atoms with Gasteiger partial charge >= 0.3 is 0 Å². The van der Waals surface area contributed by atoms with E-state index in [2.05, 4.69) is 0 Å². The predicted octanol–water partition coefficient (Wildman–Crippen LogP) is 3.42. The summed E-state index contributed by atoms with van der Waals surface area (Å²) in [7, 11) is 0. The molecule has 0 amide bonds. The number of aromatic hydroxyl groups is 1. The van der Waals surface area contributed by atoms with Crippen LogP contribution < -0.4 is 10.5 Å². The van der Waals surface area contributed by atoms with E-state index in [1.54, 1.807) is 42.5 Å². The Morgan fingerprint density at radius 2 is 1.81 bits per heavy atom. The molecule has 82 valence electrons. The number of halogens is 1. The van der Waals surface area contributed by atoms with Gasteiger partial charge in [0.15, 0.2) is 17.2 Å². The zero-order valence-electron chi connectivity index (χ0n) is 8.35. The molecule has 0 aliphatic carbocycles. The smallest absolute Gasteiger partial charge is 0.169 e. The van der Waals surface area contributed by atoms with Crippen LogP contribution in [0.1, 0.15) is 0 Å². The number of nitrogens with two attached hydrogens (primary N) is 1. The molecule has 2 rings (SSSR count). The number of phenols is 1. The van der Waals surface area contributed by atoms with Crippen LogP contribution in [0.25, 0.3) is 0 Å². The fourth-order valence-corrected chi connectivity index (χ4v) is 1.45. The van der Waals surface area contributed by atoms with Gasteiger partial charge in [-0.15, -0.1) is 0 Å². The summed E-state index contributed by atoms with van der Waals surface area (Å²) in [6.07, 6.45) is 0. The first-order valence-corrected chi connectivity index (χ1v) is 5.05. The highest BCUT2D eigenvalue weighted by molar-refractivity contribution is 6.30. The fourth-order valence-electron chi connectivity index (χ4n) is 1.27. The third kappa shape index (κ3) is 2.20. The topological polar surface area (TPSA) is 55.5 Å². The van der Waals surface area contributed by atoms with E-state index >= 15 is 0 Å². The lowest BCUT2D eigenvalue weighted by Gasteiger charge is -2.09. The molecule has 0 bridgehead atoms. The fraction of sp³-hybridized carbons (Fsp3) is 0. The summed E-state index contributed by atoms with van der Waals surface area (Å²) in [6, 6.07) is 11.6. The van der Waals surface area contributed by atoms with Gasteiger partial charge in [0.05, 0.1) is 5.69 Å². The van der Waals surface area contributed by atoms with E-state index in [0.29, 0.717) is 22.2 Å². The molecular weight excluding hydrogens is 226 g/mol. The van der Waals surface area contributed by atoms with Gasteiger partial charge in [-0.1, -0.05) is 23.7 Å². The molecule has 4 heteroatoms. The Kier molecular flexibility index (Phi) is 2.88. The SMILES string of the molecule is Nc1cc(Cl)ccc1Oc1ccccc1O. The normalized spacial score (nSPS) is 10.1. The second-order valence-electron chi connectivity index (χ2n) is 3.25. The minimum absolute atomic E-state index is 0.0665. The molecule has 0 aromatic heterocycles. The van der Waals surface area contributed by atoms with Crippen molar-refractivity contribution < 1.29 is 9.84 Å². The molecule has 2 aromatic rings. The van der Waals surface area contributed by atoms with E-state index in [1.807, 2.05) is 0 Å². The lowest BCUT2D eigenvalue weighted by Crippen LogP contribution is -1.91. The van der Waals surface area contributed by atoms with Crippen molar-refractivity contribution in [1.29, 1.82) is 0 Å². The van der Waals surface area contributed by atoms with Gasteiger partial charge in [-0.25, -0.2) is 0 Å². The number of para-hydroxylation sites is 2. The molecule has 0 atom stereocenters. The van der Waals surface area contributed by atoms with Gasteiger partial charge < -0.3 is 15.6 Å². The van der Waals surface area contributed by atoms with E-state index in [1.165, 1.54) is 0 Å². The molecule has 0 radical (unpaired) electrons. The standard InChI is InChI=1S/C12H10ClNO2/c13-8-5-6-11(9(14)7-8)16-12-4-2-1-3-10(12)15/h1-7,15H,14H2. The van der Waals surface area contributed by atoms with Crippen LogP contribution in [0, 0.1) is 0 Å². The molecule has 3 nitrogen and oxygen atoms in total. The van der Waals surface area contributed by atoms with E-state index < -0.39 is 0 Å². The summed E-state index contributed by atoms with van der Waals surface area (Å²) in [6.45, 7) is 0. The lowest BCUT2D eigenvalue weighted by atomic mass is 10.3. The second-order valence-corrected chi connectivity index (χ2v) is 3.69. The first-order valence-electron chi connectivity index (χ1n) is 4.67. The van der Waals surface area contributed by atoms with E-state index in [0.717, 1.165) is 0 Å². The molecule has 2 aromatic carbocycles. The molecule has 3 N–H and O–H groups in total. The Bertz CT molecular complexity index is 514. The van der Waals surface area contributed by atoms with Crippen molar-refractivity contribution >= 4 is 17.3 Å². The Morgan fingerprint density at radius 3 is 2.50 bits per heavy atom. The maximum atomic E-state index is 9.53. The van der Waals surface area contributed by atoms with Crippen LogP contribution in [0.3, 0.4) is 0 Å². The summed E-state index contributed by atoms with van der Waals surface area (Å²) in [4.78, 5) is 0. The largest absolute Gasteiger partial charge is 0.504 e. The Hall–Kier alpha value is -1.87. The molecule has 0 saturated heterocycles. The molecule has 0 aliphatic heterocycles. The van der Waals surface area contributed by atoms with Crippen molar-refractivity contribution in [3.05, 3.63) is 47.5 Å². The summed E-state index contributed by atoms with van der Waals surface area (Å²) >= 11 is 5.77. The van der Waals surface area contributed by atoms with Gasteiger partial charge in [-0.3, -0.25) is 0 Å². The molecular formula is C12H10ClNO2. The Balaban J connectivity index is 2.31. The minimum atomic E-state index is 0.0665. The monoisotopic (exact) mass is 235 g/mol. The van der Waals surface area contributed by atoms with E-state index in [9.17, 15) is 5.11 Å². The Morgan fingerprint density at radius 1 is 1.06 bits per heavy atom. The van der Waals surface area contributed by atoms with Crippen molar-refractivity contribution in [2.45, 2.75) is 0 Å². The summed E-state index contributed by atoms with van der Waals surface area (Å²) in [5.74, 6) is 0.888. The highest BCUT2D eigenvalue weighted by Gasteiger charge is 2.05. The number of ether oxygens (including phenoxy) is 1. The molecule has 0 saturated carbocycles. The summed E-state index contributed by atoms with van der Waals surface area (Å²) < 4.78 is 5.46. The zero-order valence-corrected chi connectivity index (χ0v) is 9.11. The van der Waals surface area contributed by atoms with Crippen LogP contribution in [-0.4, -0.2) is 5.11 Å². The van der Waals surface area contributed by atoms with Gasteiger partial charge in [0, 0.05) is 5.02 Å². The van der Waals surface area contributed by atoms with Gasteiger partial charge in [0.2, 0.25) is 0 Å². The van der Waals surface area contributed by atoms with Crippen LogP contribution in [-0.2, 0) is 0 Å².